The molecule has 112 valence electrons. The van der Waals surface area contributed by atoms with Crippen molar-refractivity contribution in [3.63, 3.8) is 0 Å². The largest absolute Gasteiger partial charge is 0.393 e. The van der Waals surface area contributed by atoms with E-state index in [0.29, 0.717) is 6.42 Å². The van der Waals surface area contributed by atoms with Crippen LogP contribution in [0.15, 0.2) is 0 Å². The molecule has 0 aliphatic heterocycles. The summed E-state index contributed by atoms with van der Waals surface area (Å²) in [4.78, 5) is 22.2. The summed E-state index contributed by atoms with van der Waals surface area (Å²) in [6.07, 6.45) is 11.3. The summed E-state index contributed by atoms with van der Waals surface area (Å²) < 4.78 is 4.60. The molecular formula is C15H29NO3. The second-order valence-electron chi connectivity index (χ2n) is 4.96. The highest BCUT2D eigenvalue weighted by atomic mass is 16.6. The van der Waals surface area contributed by atoms with Gasteiger partial charge in [-0.15, -0.1) is 0 Å². The van der Waals surface area contributed by atoms with Crippen molar-refractivity contribution >= 4 is 11.9 Å². The summed E-state index contributed by atoms with van der Waals surface area (Å²) in [5.41, 5.74) is 5.19. The molecule has 0 aliphatic rings. The standard InChI is InChI=1S/C15H29NO3/c1-2-3-4-5-6-7-8-9-10-11-14(17)19-15(18)12-13-16/h2-13,16H2,1H3. The van der Waals surface area contributed by atoms with Crippen molar-refractivity contribution in [1.82, 2.24) is 0 Å². The number of unbranched alkanes of at least 4 members (excludes halogenated alkanes) is 8. The van der Waals surface area contributed by atoms with Crippen LogP contribution in [-0.4, -0.2) is 18.5 Å². The van der Waals surface area contributed by atoms with E-state index in [4.69, 9.17) is 5.73 Å². The molecule has 0 aromatic heterocycles. The lowest BCUT2D eigenvalue weighted by Crippen LogP contribution is -2.15. The van der Waals surface area contributed by atoms with Crippen molar-refractivity contribution < 1.29 is 14.3 Å². The lowest BCUT2D eigenvalue weighted by atomic mass is 10.1. The van der Waals surface area contributed by atoms with Crippen LogP contribution >= 0.6 is 0 Å². The van der Waals surface area contributed by atoms with Crippen molar-refractivity contribution in [2.24, 2.45) is 5.73 Å². The smallest absolute Gasteiger partial charge is 0.314 e. The van der Waals surface area contributed by atoms with Gasteiger partial charge in [0, 0.05) is 13.0 Å². The zero-order chi connectivity index (χ0) is 14.3. The fourth-order valence-corrected chi connectivity index (χ4v) is 1.93. The van der Waals surface area contributed by atoms with Crippen LogP contribution in [0.25, 0.3) is 0 Å². The summed E-state index contributed by atoms with van der Waals surface area (Å²) in [6.45, 7) is 2.45. The van der Waals surface area contributed by atoms with Gasteiger partial charge in [0.1, 0.15) is 0 Å². The molecule has 0 spiro atoms. The quantitative estimate of drug-likeness (QED) is 0.336. The predicted octanol–water partition coefficient (Wildman–Crippen LogP) is 3.33. The number of nitrogens with two attached hydrogens (primary N) is 1. The van der Waals surface area contributed by atoms with E-state index in [1.807, 2.05) is 0 Å². The van der Waals surface area contributed by atoms with Crippen LogP contribution in [0.3, 0.4) is 0 Å². The van der Waals surface area contributed by atoms with E-state index < -0.39 is 11.9 Å². The summed E-state index contributed by atoms with van der Waals surface area (Å²) >= 11 is 0. The maximum absolute atomic E-state index is 11.3. The van der Waals surface area contributed by atoms with Crippen molar-refractivity contribution in [3.8, 4) is 0 Å². The number of carbonyl (C=O) groups excluding carboxylic acids is 2. The van der Waals surface area contributed by atoms with E-state index in [0.717, 1.165) is 19.3 Å². The first-order valence-electron chi connectivity index (χ1n) is 7.64. The molecule has 0 aromatic rings. The van der Waals surface area contributed by atoms with Gasteiger partial charge in [-0.3, -0.25) is 9.59 Å². The maximum Gasteiger partial charge on any atom is 0.314 e. The second kappa shape index (κ2) is 13.5. The Balaban J connectivity index is 3.25. The Morgan fingerprint density at radius 2 is 1.26 bits per heavy atom. The number of rotatable bonds is 12. The van der Waals surface area contributed by atoms with E-state index in [9.17, 15) is 9.59 Å². The van der Waals surface area contributed by atoms with E-state index in [-0.39, 0.29) is 13.0 Å². The van der Waals surface area contributed by atoms with Gasteiger partial charge < -0.3 is 10.5 Å². The van der Waals surface area contributed by atoms with Gasteiger partial charge >= 0.3 is 11.9 Å². The molecule has 0 amide bonds. The van der Waals surface area contributed by atoms with Crippen LogP contribution in [0.2, 0.25) is 0 Å². The molecule has 0 unspecified atom stereocenters. The minimum Gasteiger partial charge on any atom is -0.393 e. The van der Waals surface area contributed by atoms with Gasteiger partial charge in [-0.1, -0.05) is 58.3 Å². The fourth-order valence-electron chi connectivity index (χ4n) is 1.93. The van der Waals surface area contributed by atoms with Crippen LogP contribution in [0.1, 0.15) is 77.6 Å². The monoisotopic (exact) mass is 271 g/mol. The summed E-state index contributed by atoms with van der Waals surface area (Å²) in [5, 5.41) is 0. The highest BCUT2D eigenvalue weighted by Crippen LogP contribution is 2.10. The molecule has 0 fully saturated rings. The van der Waals surface area contributed by atoms with Crippen LogP contribution in [0.4, 0.5) is 0 Å². The third-order valence-corrected chi connectivity index (χ3v) is 3.06. The molecular weight excluding hydrogens is 242 g/mol. The molecule has 19 heavy (non-hydrogen) atoms. The lowest BCUT2D eigenvalue weighted by molar-refractivity contribution is -0.159. The summed E-state index contributed by atoms with van der Waals surface area (Å²) in [5.74, 6) is -0.926. The minimum absolute atomic E-state index is 0.115. The highest BCUT2D eigenvalue weighted by molar-refractivity contribution is 5.85. The minimum atomic E-state index is -0.511. The van der Waals surface area contributed by atoms with Gasteiger partial charge in [0.2, 0.25) is 0 Å². The molecule has 0 radical (unpaired) electrons. The Hall–Kier alpha value is -0.900. The normalized spacial score (nSPS) is 10.4. The number of esters is 2. The Labute approximate surface area is 117 Å². The Morgan fingerprint density at radius 3 is 1.79 bits per heavy atom. The van der Waals surface area contributed by atoms with Gasteiger partial charge in [-0.25, -0.2) is 0 Å². The zero-order valence-corrected chi connectivity index (χ0v) is 12.3. The van der Waals surface area contributed by atoms with Gasteiger partial charge in [0.25, 0.3) is 0 Å². The maximum atomic E-state index is 11.3. The summed E-state index contributed by atoms with van der Waals surface area (Å²) in [7, 11) is 0. The van der Waals surface area contributed by atoms with Gasteiger partial charge in [-0.2, -0.15) is 0 Å². The zero-order valence-electron chi connectivity index (χ0n) is 12.3. The highest BCUT2D eigenvalue weighted by Gasteiger charge is 2.08. The first-order chi connectivity index (χ1) is 9.20. The predicted molar refractivity (Wildman–Crippen MR) is 76.6 cm³/mol. The lowest BCUT2D eigenvalue weighted by Gasteiger charge is -2.03. The van der Waals surface area contributed by atoms with Crippen molar-refractivity contribution in [2.45, 2.75) is 77.6 Å². The molecule has 2 N–H and O–H groups in total. The second-order valence-corrected chi connectivity index (χ2v) is 4.96. The molecule has 0 bridgehead atoms. The molecule has 4 nitrogen and oxygen atoms in total. The fraction of sp³-hybridized carbons (Fsp3) is 0.867. The first kappa shape index (κ1) is 18.1. The van der Waals surface area contributed by atoms with Crippen LogP contribution in [0.5, 0.6) is 0 Å². The van der Waals surface area contributed by atoms with Crippen LogP contribution in [-0.2, 0) is 14.3 Å². The van der Waals surface area contributed by atoms with E-state index in [1.54, 1.807) is 0 Å². The average molecular weight is 271 g/mol. The Bertz CT molecular complexity index is 242. The molecule has 4 heteroatoms. The molecule has 0 atom stereocenters. The third kappa shape index (κ3) is 13.3. The molecule has 0 aromatic carbocycles. The van der Waals surface area contributed by atoms with Crippen molar-refractivity contribution in [3.05, 3.63) is 0 Å². The van der Waals surface area contributed by atoms with E-state index >= 15 is 0 Å². The Kier molecular flexibility index (Phi) is 12.9. The van der Waals surface area contributed by atoms with Gasteiger partial charge in [-0.05, 0) is 6.42 Å². The van der Waals surface area contributed by atoms with Crippen molar-refractivity contribution in [2.75, 3.05) is 6.54 Å². The third-order valence-electron chi connectivity index (χ3n) is 3.06. The molecule has 0 aliphatic carbocycles. The molecule has 0 heterocycles. The molecule has 0 rings (SSSR count). The van der Waals surface area contributed by atoms with E-state index in [2.05, 4.69) is 11.7 Å². The molecule has 0 saturated heterocycles. The van der Waals surface area contributed by atoms with Crippen LogP contribution < -0.4 is 5.73 Å². The number of hydrogen-bond donors (Lipinski definition) is 1. The number of ether oxygens (including phenoxy) is 1. The number of hydrogen-bond acceptors (Lipinski definition) is 4. The van der Waals surface area contributed by atoms with Crippen LogP contribution in [0, 0.1) is 0 Å². The Morgan fingerprint density at radius 1 is 0.789 bits per heavy atom. The number of carbonyl (C=O) groups is 2. The average Bonchev–Trinajstić information content (AvgIpc) is 2.37. The van der Waals surface area contributed by atoms with E-state index in [1.165, 1.54) is 38.5 Å². The molecule has 0 saturated carbocycles. The van der Waals surface area contributed by atoms with Crippen molar-refractivity contribution in [1.29, 1.82) is 0 Å². The topological polar surface area (TPSA) is 69.4 Å². The SMILES string of the molecule is CCCCCCCCCCCC(=O)OC(=O)CCN. The first-order valence-corrected chi connectivity index (χ1v) is 7.64. The van der Waals surface area contributed by atoms with Gasteiger partial charge in [0.05, 0.1) is 6.42 Å². The summed E-state index contributed by atoms with van der Waals surface area (Å²) in [6, 6.07) is 0. The van der Waals surface area contributed by atoms with Gasteiger partial charge in [0.15, 0.2) is 0 Å².